The summed E-state index contributed by atoms with van der Waals surface area (Å²) in [5, 5.41) is 5.41. The first-order valence-electron chi connectivity index (χ1n) is 10.1. The van der Waals surface area contributed by atoms with Gasteiger partial charge in [-0.3, -0.25) is 37.3 Å². The summed E-state index contributed by atoms with van der Waals surface area (Å²) in [6, 6.07) is 0. The molecule has 0 aromatic heterocycles. The van der Waals surface area contributed by atoms with Crippen LogP contribution in [0.5, 0.6) is 0 Å². The highest BCUT2D eigenvalue weighted by molar-refractivity contribution is 7.48. The maximum atomic E-state index is 12.6. The van der Waals surface area contributed by atoms with Crippen LogP contribution in [-0.4, -0.2) is 95.1 Å². The highest BCUT2D eigenvalue weighted by atomic mass is 31.2. The summed E-state index contributed by atoms with van der Waals surface area (Å²) in [6.07, 6.45) is 0.249. The molecular formula is C15H37N3O12P2Si. The minimum atomic E-state index is -4.08. The molecule has 0 spiro atoms. The van der Waals surface area contributed by atoms with Crippen LogP contribution in [0.15, 0.2) is 0 Å². The molecular weight excluding hydrogens is 504 g/mol. The van der Waals surface area contributed by atoms with Crippen molar-refractivity contribution in [2.24, 2.45) is 5.73 Å². The summed E-state index contributed by atoms with van der Waals surface area (Å²) in [5.74, 6) is -0.585. The van der Waals surface area contributed by atoms with Crippen LogP contribution in [-0.2, 0) is 54.3 Å². The number of phosphoric ester groups is 2. The predicted octanol–water partition coefficient (Wildman–Crippen LogP) is 0.381. The van der Waals surface area contributed by atoms with Crippen molar-refractivity contribution in [3.05, 3.63) is 0 Å². The van der Waals surface area contributed by atoms with Gasteiger partial charge in [-0.2, -0.15) is 0 Å². The monoisotopic (exact) mass is 541 g/mol. The van der Waals surface area contributed by atoms with E-state index in [0.717, 1.165) is 0 Å². The first-order valence-corrected chi connectivity index (χ1v) is 14.9. The predicted molar refractivity (Wildman–Crippen MR) is 119 cm³/mol. The van der Waals surface area contributed by atoms with Crippen LogP contribution in [0, 0.1) is 0 Å². The average molecular weight is 542 g/mol. The molecule has 1 amide bonds. The third-order valence-electron chi connectivity index (χ3n) is 3.56. The lowest BCUT2D eigenvalue weighted by Gasteiger charge is -2.24. The molecule has 2 atom stereocenters. The van der Waals surface area contributed by atoms with Crippen LogP contribution in [0.1, 0.15) is 13.8 Å². The fourth-order valence-electron chi connectivity index (χ4n) is 2.03. The van der Waals surface area contributed by atoms with Crippen molar-refractivity contribution in [3.8, 4) is 0 Å². The number of nitrogens with two attached hydrogens (primary N) is 1. The van der Waals surface area contributed by atoms with Crippen molar-refractivity contribution in [1.29, 1.82) is 0 Å². The number of rotatable bonds is 22. The lowest BCUT2D eigenvalue weighted by molar-refractivity contribution is -0.123. The number of carbonyl (C=O) groups is 1. The molecule has 0 radical (unpaired) electrons. The summed E-state index contributed by atoms with van der Waals surface area (Å²) >= 11 is 0. The second-order valence-corrected chi connectivity index (χ2v) is 12.1. The van der Waals surface area contributed by atoms with Gasteiger partial charge in [-0.1, -0.05) is 0 Å². The number of nitrogens with one attached hydrogen (secondary N) is 2. The summed E-state index contributed by atoms with van der Waals surface area (Å²) in [5.41, 5.74) is 5.31. The Labute approximate surface area is 195 Å². The van der Waals surface area contributed by atoms with Crippen molar-refractivity contribution in [2.45, 2.75) is 13.8 Å². The summed E-state index contributed by atoms with van der Waals surface area (Å²) in [4.78, 5) is 12.0. The first kappa shape index (κ1) is 32.7. The molecule has 198 valence electrons. The second-order valence-electron chi connectivity index (χ2n) is 5.79. The molecule has 0 aliphatic rings. The fourth-order valence-corrected chi connectivity index (χ4v) is 5.68. The molecule has 4 N–H and O–H groups in total. The van der Waals surface area contributed by atoms with Crippen LogP contribution >= 0.6 is 15.6 Å². The maximum Gasteiger partial charge on any atom is 0.514 e. The molecule has 0 rings (SSSR count). The largest absolute Gasteiger partial charge is 0.514 e. The number of hydrogen-bond acceptors (Lipinski definition) is 14. The van der Waals surface area contributed by atoms with Gasteiger partial charge in [0, 0.05) is 27.9 Å². The molecule has 33 heavy (non-hydrogen) atoms. The van der Waals surface area contributed by atoms with Crippen LogP contribution in [0.2, 0.25) is 0 Å². The van der Waals surface area contributed by atoms with Gasteiger partial charge in [0.05, 0.1) is 45.9 Å². The zero-order chi connectivity index (χ0) is 25.2. The van der Waals surface area contributed by atoms with Crippen LogP contribution in [0.4, 0.5) is 0 Å². The summed E-state index contributed by atoms with van der Waals surface area (Å²) in [6.45, 7) is 2.17. The number of phosphoric acid groups is 2. The molecule has 0 aliphatic carbocycles. The van der Waals surface area contributed by atoms with Gasteiger partial charge < -0.3 is 24.3 Å². The molecule has 0 saturated heterocycles. The number of carbonyl (C=O) groups excluding carboxylic acids is 1. The Morgan fingerprint density at radius 1 is 0.818 bits per heavy atom. The molecule has 15 nitrogen and oxygen atoms in total. The van der Waals surface area contributed by atoms with Crippen LogP contribution < -0.4 is 16.4 Å². The molecule has 0 aliphatic heterocycles. The highest BCUT2D eigenvalue weighted by Gasteiger charge is 2.37. The Kier molecular flexibility index (Phi) is 17.9. The molecule has 18 heteroatoms. The molecule has 0 bridgehead atoms. The first-order chi connectivity index (χ1) is 15.7. The Morgan fingerprint density at radius 3 is 1.76 bits per heavy atom. The standard InChI is InChI=1S/C15H37N3O12P2Si/c1-6-25-31(20,27-9-8-16)28-10-11-29-32(21,26-7-2)30-12-15(19)18-13-17-14-33(22-3,23-4)24-5/h17H,6-14,16H2,1-5H3,(H,18,19). The molecule has 0 fully saturated rings. The van der Waals surface area contributed by atoms with E-state index in [1.807, 2.05) is 0 Å². The summed E-state index contributed by atoms with van der Waals surface area (Å²) < 4.78 is 70.8. The van der Waals surface area contributed by atoms with Gasteiger partial charge in [-0.25, -0.2) is 9.13 Å². The van der Waals surface area contributed by atoms with Crippen LogP contribution in [0.3, 0.4) is 0 Å². The van der Waals surface area contributed by atoms with Gasteiger partial charge in [-0.15, -0.1) is 0 Å². The SMILES string of the molecule is CCOP(=O)(OCCN)OCCOP(=O)(OCC)OCC(=O)NCNC[Si](OC)(OC)OC. The van der Waals surface area contributed by atoms with Gasteiger partial charge in [-0.05, 0) is 13.8 Å². The number of hydrogen-bond donors (Lipinski definition) is 3. The van der Waals surface area contributed by atoms with Gasteiger partial charge in [0.2, 0.25) is 5.91 Å². The van der Waals surface area contributed by atoms with Gasteiger partial charge >= 0.3 is 24.4 Å². The van der Waals surface area contributed by atoms with Crippen molar-refractivity contribution in [1.82, 2.24) is 10.6 Å². The van der Waals surface area contributed by atoms with E-state index in [9.17, 15) is 13.9 Å². The second kappa shape index (κ2) is 18.0. The van der Waals surface area contributed by atoms with Gasteiger partial charge in [0.15, 0.2) is 0 Å². The molecule has 2 unspecified atom stereocenters. The zero-order valence-corrected chi connectivity index (χ0v) is 22.5. The average Bonchev–Trinajstić information content (AvgIpc) is 2.80. The fraction of sp³-hybridized carbons (Fsp3) is 0.933. The van der Waals surface area contributed by atoms with E-state index in [0.29, 0.717) is 0 Å². The minimum Gasteiger partial charge on any atom is -0.376 e. The lowest BCUT2D eigenvalue weighted by Crippen LogP contribution is -2.54. The third-order valence-corrected chi connectivity index (χ3v) is 9.20. The van der Waals surface area contributed by atoms with Crippen molar-refractivity contribution in [2.75, 3.05) is 80.4 Å². The third kappa shape index (κ3) is 14.0. The Bertz CT molecular complexity index is 621. The smallest absolute Gasteiger partial charge is 0.376 e. The minimum absolute atomic E-state index is 0.00385. The zero-order valence-electron chi connectivity index (χ0n) is 19.7. The van der Waals surface area contributed by atoms with E-state index in [2.05, 4.69) is 10.6 Å². The Hall–Kier alpha value is -0.293. The molecule has 0 aromatic carbocycles. The molecule has 0 saturated carbocycles. The van der Waals surface area contributed by atoms with E-state index in [-0.39, 0.29) is 52.4 Å². The Morgan fingerprint density at radius 2 is 1.30 bits per heavy atom. The maximum absolute atomic E-state index is 12.6. The quantitative estimate of drug-likeness (QED) is 0.0739. The van der Waals surface area contributed by atoms with E-state index >= 15 is 0 Å². The van der Waals surface area contributed by atoms with Gasteiger partial charge in [0.1, 0.15) is 6.61 Å². The molecule has 0 aromatic rings. The Balaban J connectivity index is 4.46. The van der Waals surface area contributed by atoms with E-state index in [1.54, 1.807) is 13.8 Å². The van der Waals surface area contributed by atoms with E-state index in [4.69, 9.17) is 46.2 Å². The summed E-state index contributed by atoms with van der Waals surface area (Å²) in [7, 11) is -6.34. The normalized spacial score (nSPS) is 15.7. The van der Waals surface area contributed by atoms with E-state index in [1.165, 1.54) is 21.3 Å². The topological polar surface area (TPSA) is 184 Å². The van der Waals surface area contributed by atoms with Gasteiger partial charge in [0.25, 0.3) is 0 Å². The number of amides is 1. The van der Waals surface area contributed by atoms with Crippen LogP contribution in [0.25, 0.3) is 0 Å². The van der Waals surface area contributed by atoms with Crippen molar-refractivity contribution in [3.63, 3.8) is 0 Å². The van der Waals surface area contributed by atoms with E-state index < -0.39 is 37.0 Å². The highest BCUT2D eigenvalue weighted by Crippen LogP contribution is 2.51. The molecule has 0 heterocycles. The lowest BCUT2D eigenvalue weighted by atomic mass is 10.6. The van der Waals surface area contributed by atoms with Crippen molar-refractivity contribution < 1.29 is 54.3 Å². The van der Waals surface area contributed by atoms with Crippen molar-refractivity contribution >= 4 is 30.4 Å².